The van der Waals surface area contributed by atoms with Crippen LogP contribution in [0, 0.1) is 17.8 Å². The molecule has 4 heteroatoms. The van der Waals surface area contributed by atoms with Crippen molar-refractivity contribution in [3.8, 4) is 0 Å². The molecule has 19 heavy (non-hydrogen) atoms. The van der Waals surface area contributed by atoms with E-state index in [2.05, 4.69) is 41.8 Å². The van der Waals surface area contributed by atoms with Gasteiger partial charge in [0.1, 0.15) is 0 Å². The van der Waals surface area contributed by atoms with E-state index in [0.717, 1.165) is 22.9 Å². The van der Waals surface area contributed by atoms with Gasteiger partial charge in [0.05, 0.1) is 22.4 Å². The van der Waals surface area contributed by atoms with Gasteiger partial charge in [0.15, 0.2) is 0 Å². The number of hydrogen-bond acceptors (Lipinski definition) is 2. The molecule has 1 aliphatic rings. The van der Waals surface area contributed by atoms with Crippen molar-refractivity contribution in [3.05, 3.63) is 16.4 Å². The highest BCUT2D eigenvalue weighted by molar-refractivity contribution is 9.10. The maximum absolute atomic E-state index is 6.52. The molecule has 3 nitrogen and oxygen atoms in total. The minimum Gasteiger partial charge on any atom is -0.322 e. The summed E-state index contributed by atoms with van der Waals surface area (Å²) in [4.78, 5) is 0. The standard InChI is InChI=1S/C15H26BrN3/c1-4-19-15(13(16)9-18-19)14(17)12-7-5-11(6-8-12)10(2)3/h9-12,14H,4-8,17H2,1-3H3. The van der Waals surface area contributed by atoms with Gasteiger partial charge in [0, 0.05) is 6.54 Å². The summed E-state index contributed by atoms with van der Waals surface area (Å²) in [6, 6.07) is 0.116. The Bertz CT molecular complexity index is 406. The summed E-state index contributed by atoms with van der Waals surface area (Å²) in [5.41, 5.74) is 7.70. The van der Waals surface area contributed by atoms with Crippen LogP contribution in [0.1, 0.15) is 58.2 Å². The van der Waals surface area contributed by atoms with E-state index in [1.165, 1.54) is 31.4 Å². The van der Waals surface area contributed by atoms with Crippen molar-refractivity contribution in [2.45, 2.75) is 59.0 Å². The molecular weight excluding hydrogens is 302 g/mol. The third-order valence-corrected chi connectivity index (χ3v) is 5.33. The Hall–Kier alpha value is -0.350. The summed E-state index contributed by atoms with van der Waals surface area (Å²) < 4.78 is 3.09. The largest absolute Gasteiger partial charge is 0.322 e. The molecule has 0 spiro atoms. The van der Waals surface area contributed by atoms with Crippen LogP contribution in [-0.4, -0.2) is 9.78 Å². The summed E-state index contributed by atoms with van der Waals surface area (Å²) in [5, 5.41) is 4.38. The molecule has 0 radical (unpaired) electrons. The van der Waals surface area contributed by atoms with Crippen molar-refractivity contribution in [3.63, 3.8) is 0 Å². The molecule has 0 amide bonds. The first-order chi connectivity index (χ1) is 9.04. The van der Waals surface area contributed by atoms with Gasteiger partial charge >= 0.3 is 0 Å². The van der Waals surface area contributed by atoms with Gasteiger partial charge in [-0.1, -0.05) is 13.8 Å². The molecule has 1 aromatic rings. The van der Waals surface area contributed by atoms with Crippen molar-refractivity contribution < 1.29 is 0 Å². The number of nitrogens with zero attached hydrogens (tertiary/aromatic N) is 2. The van der Waals surface area contributed by atoms with Gasteiger partial charge in [-0.15, -0.1) is 0 Å². The Kier molecular flexibility index (Phi) is 5.07. The smallest absolute Gasteiger partial charge is 0.0696 e. The second-order valence-electron chi connectivity index (χ2n) is 6.14. The number of nitrogens with two attached hydrogens (primary N) is 1. The van der Waals surface area contributed by atoms with E-state index in [1.807, 2.05) is 10.9 Å². The molecule has 0 saturated heterocycles. The first kappa shape index (κ1) is 15.0. The van der Waals surface area contributed by atoms with Crippen LogP contribution in [0.15, 0.2) is 10.7 Å². The highest BCUT2D eigenvalue weighted by atomic mass is 79.9. The molecule has 2 rings (SSSR count). The Balaban J connectivity index is 2.05. The molecule has 1 unspecified atom stereocenters. The minimum atomic E-state index is 0.116. The fourth-order valence-electron chi connectivity index (χ4n) is 3.35. The summed E-state index contributed by atoms with van der Waals surface area (Å²) >= 11 is 3.60. The van der Waals surface area contributed by atoms with Gasteiger partial charge in [0.2, 0.25) is 0 Å². The number of aryl methyl sites for hydroxylation is 1. The zero-order valence-corrected chi connectivity index (χ0v) is 13.9. The van der Waals surface area contributed by atoms with E-state index in [4.69, 9.17) is 5.73 Å². The van der Waals surface area contributed by atoms with Crippen LogP contribution < -0.4 is 5.73 Å². The number of halogens is 1. The summed E-state index contributed by atoms with van der Waals surface area (Å²) in [6.45, 7) is 7.68. The number of rotatable bonds is 4. The fraction of sp³-hybridized carbons (Fsp3) is 0.800. The molecule has 1 fully saturated rings. The predicted molar refractivity (Wildman–Crippen MR) is 82.8 cm³/mol. The summed E-state index contributed by atoms with van der Waals surface area (Å²) in [5.74, 6) is 2.31. The van der Waals surface area contributed by atoms with E-state index in [0.29, 0.717) is 5.92 Å². The third kappa shape index (κ3) is 3.22. The lowest BCUT2D eigenvalue weighted by Gasteiger charge is -2.34. The van der Waals surface area contributed by atoms with Crippen LogP contribution >= 0.6 is 15.9 Å². The van der Waals surface area contributed by atoms with Gasteiger partial charge in [-0.05, 0) is 66.3 Å². The molecule has 1 saturated carbocycles. The highest BCUT2D eigenvalue weighted by Gasteiger charge is 2.30. The highest BCUT2D eigenvalue weighted by Crippen LogP contribution is 2.39. The van der Waals surface area contributed by atoms with Crippen molar-refractivity contribution in [2.24, 2.45) is 23.5 Å². The molecule has 2 N–H and O–H groups in total. The van der Waals surface area contributed by atoms with Gasteiger partial charge in [-0.2, -0.15) is 5.10 Å². The average molecular weight is 328 g/mol. The molecule has 1 heterocycles. The lowest BCUT2D eigenvalue weighted by molar-refractivity contribution is 0.200. The second-order valence-corrected chi connectivity index (χ2v) is 6.99. The van der Waals surface area contributed by atoms with Crippen LogP contribution in [0.25, 0.3) is 0 Å². The van der Waals surface area contributed by atoms with E-state index in [9.17, 15) is 0 Å². The van der Waals surface area contributed by atoms with E-state index < -0.39 is 0 Å². The minimum absolute atomic E-state index is 0.116. The lowest BCUT2D eigenvalue weighted by Crippen LogP contribution is -2.29. The van der Waals surface area contributed by atoms with E-state index >= 15 is 0 Å². The molecule has 1 atom stereocenters. The van der Waals surface area contributed by atoms with Crippen LogP contribution in [-0.2, 0) is 6.54 Å². The Morgan fingerprint density at radius 1 is 1.32 bits per heavy atom. The van der Waals surface area contributed by atoms with Gasteiger partial charge in [-0.25, -0.2) is 0 Å². The predicted octanol–water partition coefficient (Wildman–Crippen LogP) is 4.13. The monoisotopic (exact) mass is 327 g/mol. The zero-order chi connectivity index (χ0) is 14.0. The average Bonchev–Trinajstić information content (AvgIpc) is 2.79. The number of aromatic nitrogens is 2. The number of hydrogen-bond donors (Lipinski definition) is 1. The Morgan fingerprint density at radius 2 is 1.89 bits per heavy atom. The maximum atomic E-state index is 6.52. The van der Waals surface area contributed by atoms with Gasteiger partial charge < -0.3 is 5.73 Å². The van der Waals surface area contributed by atoms with Gasteiger partial charge in [0.25, 0.3) is 0 Å². The maximum Gasteiger partial charge on any atom is 0.0696 e. The SMILES string of the molecule is CCn1ncc(Br)c1C(N)C1CCC(C(C)C)CC1. The molecular formula is C15H26BrN3. The van der Waals surface area contributed by atoms with Crippen molar-refractivity contribution >= 4 is 15.9 Å². The van der Waals surface area contributed by atoms with Crippen molar-refractivity contribution in [2.75, 3.05) is 0 Å². The van der Waals surface area contributed by atoms with Crippen LogP contribution in [0.2, 0.25) is 0 Å². The zero-order valence-electron chi connectivity index (χ0n) is 12.3. The molecule has 108 valence electrons. The topological polar surface area (TPSA) is 43.8 Å². The quantitative estimate of drug-likeness (QED) is 0.903. The molecule has 1 aliphatic carbocycles. The van der Waals surface area contributed by atoms with Crippen molar-refractivity contribution in [1.29, 1.82) is 0 Å². The summed E-state index contributed by atoms with van der Waals surface area (Å²) in [6.07, 6.45) is 7.04. The molecule has 0 bridgehead atoms. The van der Waals surface area contributed by atoms with Crippen LogP contribution in [0.3, 0.4) is 0 Å². The fourth-order valence-corrected chi connectivity index (χ4v) is 3.91. The Morgan fingerprint density at radius 3 is 2.42 bits per heavy atom. The molecule has 0 aliphatic heterocycles. The molecule has 0 aromatic carbocycles. The van der Waals surface area contributed by atoms with E-state index in [-0.39, 0.29) is 6.04 Å². The lowest BCUT2D eigenvalue weighted by atomic mass is 9.74. The molecule has 1 aromatic heterocycles. The van der Waals surface area contributed by atoms with Crippen LogP contribution in [0.5, 0.6) is 0 Å². The van der Waals surface area contributed by atoms with Crippen molar-refractivity contribution in [1.82, 2.24) is 9.78 Å². The first-order valence-corrected chi connectivity index (χ1v) is 8.30. The normalized spacial score (nSPS) is 25.8. The van der Waals surface area contributed by atoms with Crippen LogP contribution in [0.4, 0.5) is 0 Å². The first-order valence-electron chi connectivity index (χ1n) is 7.51. The van der Waals surface area contributed by atoms with Gasteiger partial charge in [-0.3, -0.25) is 4.68 Å². The Labute approximate surface area is 125 Å². The van der Waals surface area contributed by atoms with E-state index in [1.54, 1.807) is 0 Å². The summed E-state index contributed by atoms with van der Waals surface area (Å²) in [7, 11) is 0. The second kappa shape index (κ2) is 6.40. The third-order valence-electron chi connectivity index (χ3n) is 4.72.